The Morgan fingerprint density at radius 1 is 1.11 bits per heavy atom. The number of allylic oxidation sites excluding steroid dienone is 3. The van der Waals surface area contributed by atoms with Gasteiger partial charge >= 0.3 is 5.97 Å². The summed E-state index contributed by atoms with van der Waals surface area (Å²) < 4.78 is 21.9. The summed E-state index contributed by atoms with van der Waals surface area (Å²) >= 11 is 7.04. The number of ketones is 1. The Morgan fingerprint density at radius 2 is 1.78 bits per heavy atom. The maximum atomic E-state index is 13.1. The van der Waals surface area contributed by atoms with Gasteiger partial charge in [-0.05, 0) is 54.8 Å². The smallest absolute Gasteiger partial charge is 0.321 e. The van der Waals surface area contributed by atoms with Crippen molar-refractivity contribution in [2.45, 2.75) is 25.2 Å². The molecule has 2 aromatic rings. The van der Waals surface area contributed by atoms with E-state index in [-0.39, 0.29) is 11.5 Å². The zero-order valence-corrected chi connectivity index (χ0v) is 22.1. The first kappa shape index (κ1) is 26.5. The van der Waals surface area contributed by atoms with E-state index in [1.54, 1.807) is 36.4 Å². The van der Waals surface area contributed by atoms with Gasteiger partial charge in [0, 0.05) is 22.7 Å². The summed E-state index contributed by atoms with van der Waals surface area (Å²) in [5.74, 6) is 0.409. The molecule has 0 amide bonds. The SMILES string of the molecule is COc1cc([C@H]2C(C#N)=C(SCC(=O)Oc3ccc(Cl)cc3)NC3=C2C(=O)CCC3)cc(OC)c1OC. The summed E-state index contributed by atoms with van der Waals surface area (Å²) in [4.78, 5) is 25.6. The molecule has 192 valence electrons. The average Bonchev–Trinajstić information content (AvgIpc) is 2.91. The number of dihydropyridines is 1. The van der Waals surface area contributed by atoms with Crippen molar-refractivity contribution in [3.05, 3.63) is 68.9 Å². The molecule has 0 bridgehead atoms. The van der Waals surface area contributed by atoms with Crippen LogP contribution in [0.25, 0.3) is 0 Å². The van der Waals surface area contributed by atoms with Crippen molar-refractivity contribution in [3.8, 4) is 29.1 Å². The largest absolute Gasteiger partial charge is 0.493 e. The minimum Gasteiger partial charge on any atom is -0.493 e. The van der Waals surface area contributed by atoms with Crippen LogP contribution in [0, 0.1) is 11.3 Å². The van der Waals surface area contributed by atoms with E-state index in [4.69, 9.17) is 30.5 Å². The highest BCUT2D eigenvalue weighted by Gasteiger charge is 2.38. The van der Waals surface area contributed by atoms with Gasteiger partial charge in [-0.1, -0.05) is 23.4 Å². The van der Waals surface area contributed by atoms with Crippen molar-refractivity contribution in [1.29, 1.82) is 5.26 Å². The van der Waals surface area contributed by atoms with Crippen molar-refractivity contribution in [2.24, 2.45) is 0 Å². The van der Waals surface area contributed by atoms with Crippen molar-refractivity contribution >= 4 is 35.1 Å². The van der Waals surface area contributed by atoms with Gasteiger partial charge in [0.1, 0.15) is 5.75 Å². The lowest BCUT2D eigenvalue weighted by Gasteiger charge is -2.33. The summed E-state index contributed by atoms with van der Waals surface area (Å²) in [7, 11) is 4.53. The third-order valence-corrected chi connectivity index (χ3v) is 7.31. The van der Waals surface area contributed by atoms with Gasteiger partial charge in [-0.3, -0.25) is 9.59 Å². The molecule has 8 nitrogen and oxygen atoms in total. The van der Waals surface area contributed by atoms with Crippen LogP contribution in [-0.4, -0.2) is 38.8 Å². The Bertz CT molecular complexity index is 1300. The zero-order chi connectivity index (χ0) is 26.5. The molecule has 0 spiro atoms. The highest BCUT2D eigenvalue weighted by molar-refractivity contribution is 8.03. The zero-order valence-electron chi connectivity index (χ0n) is 20.6. The third kappa shape index (κ3) is 5.55. The summed E-state index contributed by atoms with van der Waals surface area (Å²) in [6, 6.07) is 12.2. The Balaban J connectivity index is 1.70. The fourth-order valence-corrected chi connectivity index (χ4v) is 5.39. The Morgan fingerprint density at radius 3 is 2.38 bits per heavy atom. The number of hydrogen-bond donors (Lipinski definition) is 1. The van der Waals surface area contributed by atoms with Crippen LogP contribution in [0.1, 0.15) is 30.7 Å². The van der Waals surface area contributed by atoms with Crippen molar-refractivity contribution in [2.75, 3.05) is 27.1 Å². The number of carbonyl (C=O) groups is 2. The molecule has 0 unspecified atom stereocenters. The van der Waals surface area contributed by atoms with E-state index < -0.39 is 11.9 Å². The standard InChI is InChI=1S/C27H25ClN2O6S/c1-33-21-11-15(12-22(34-2)26(21)35-3)24-18(13-29)27(30-19-5-4-6-20(31)25(19)24)37-14-23(32)36-17-9-7-16(28)8-10-17/h7-12,24,30H,4-6,14H2,1-3H3/t24-/m0/s1. The second-order valence-electron chi connectivity index (χ2n) is 8.26. The fraction of sp³-hybridized carbons (Fsp3) is 0.296. The number of halogens is 1. The minimum absolute atomic E-state index is 0.0218. The molecule has 1 heterocycles. The maximum Gasteiger partial charge on any atom is 0.321 e. The number of nitrogens with one attached hydrogen (secondary N) is 1. The predicted octanol–water partition coefficient (Wildman–Crippen LogP) is 5.13. The quantitative estimate of drug-likeness (QED) is 0.360. The topological polar surface area (TPSA) is 107 Å². The molecular weight excluding hydrogens is 516 g/mol. The molecule has 37 heavy (non-hydrogen) atoms. The van der Waals surface area contributed by atoms with Crippen LogP contribution >= 0.6 is 23.4 Å². The number of methoxy groups -OCH3 is 3. The maximum absolute atomic E-state index is 13.1. The van der Waals surface area contributed by atoms with Crippen LogP contribution in [0.2, 0.25) is 5.02 Å². The molecule has 2 aliphatic rings. The van der Waals surface area contributed by atoms with E-state index in [1.807, 2.05) is 0 Å². The molecule has 10 heteroatoms. The van der Waals surface area contributed by atoms with Crippen LogP contribution in [0.3, 0.4) is 0 Å². The lowest BCUT2D eigenvalue weighted by Crippen LogP contribution is -2.31. The van der Waals surface area contributed by atoms with Crippen molar-refractivity contribution in [3.63, 3.8) is 0 Å². The number of Topliss-reactive ketones (excluding diaryl/α,β-unsaturated/α-hetero) is 1. The van der Waals surface area contributed by atoms with Gasteiger partial charge in [-0.2, -0.15) is 5.26 Å². The van der Waals surface area contributed by atoms with E-state index in [0.717, 1.165) is 17.5 Å². The van der Waals surface area contributed by atoms with Gasteiger partial charge in [0.2, 0.25) is 5.75 Å². The molecule has 1 atom stereocenters. The Hall–Kier alpha value is -3.61. The predicted molar refractivity (Wildman–Crippen MR) is 140 cm³/mol. The fourth-order valence-electron chi connectivity index (χ4n) is 4.43. The molecule has 4 rings (SSSR count). The summed E-state index contributed by atoms with van der Waals surface area (Å²) in [5.41, 5.74) is 2.28. The number of esters is 1. The van der Waals surface area contributed by atoms with Crippen molar-refractivity contribution in [1.82, 2.24) is 5.32 Å². The molecule has 0 fully saturated rings. The first-order valence-electron chi connectivity index (χ1n) is 11.5. The number of nitrogens with zero attached hydrogens (tertiary/aromatic N) is 1. The lowest BCUT2D eigenvalue weighted by molar-refractivity contribution is -0.131. The van der Waals surface area contributed by atoms with Gasteiger partial charge < -0.3 is 24.3 Å². The first-order chi connectivity index (χ1) is 17.9. The van der Waals surface area contributed by atoms with E-state index >= 15 is 0 Å². The molecule has 0 radical (unpaired) electrons. The number of thioether (sulfide) groups is 1. The van der Waals surface area contributed by atoms with Crippen LogP contribution < -0.4 is 24.3 Å². The van der Waals surface area contributed by atoms with Gasteiger partial charge in [0.15, 0.2) is 17.3 Å². The lowest BCUT2D eigenvalue weighted by atomic mass is 9.76. The van der Waals surface area contributed by atoms with E-state index in [0.29, 0.717) is 69.0 Å². The number of rotatable bonds is 8. The average molecular weight is 541 g/mol. The van der Waals surface area contributed by atoms with Crippen molar-refractivity contribution < 1.29 is 28.5 Å². The van der Waals surface area contributed by atoms with Crippen LogP contribution in [-0.2, 0) is 9.59 Å². The minimum atomic E-state index is -0.655. The van der Waals surface area contributed by atoms with Crippen LogP contribution in [0.15, 0.2) is 58.3 Å². The molecule has 0 saturated heterocycles. The van der Waals surface area contributed by atoms with Gasteiger partial charge in [-0.25, -0.2) is 0 Å². The monoisotopic (exact) mass is 540 g/mol. The van der Waals surface area contributed by atoms with E-state index in [1.165, 1.54) is 21.3 Å². The molecular formula is C27H25ClN2O6S. The summed E-state index contributed by atoms with van der Waals surface area (Å²) in [5, 5.41) is 14.5. The van der Waals surface area contributed by atoms with E-state index in [9.17, 15) is 14.9 Å². The third-order valence-electron chi connectivity index (χ3n) is 6.06. The van der Waals surface area contributed by atoms with Crippen LogP contribution in [0.5, 0.6) is 23.0 Å². The number of ether oxygens (including phenoxy) is 4. The van der Waals surface area contributed by atoms with Gasteiger partial charge in [0.25, 0.3) is 0 Å². The van der Waals surface area contributed by atoms with Gasteiger partial charge in [0.05, 0.1) is 49.7 Å². The first-order valence-corrected chi connectivity index (χ1v) is 12.8. The second kappa shape index (κ2) is 11.6. The molecule has 0 aromatic heterocycles. The van der Waals surface area contributed by atoms with Crippen LogP contribution in [0.4, 0.5) is 0 Å². The number of benzene rings is 2. The normalized spacial score (nSPS) is 16.9. The number of hydrogen-bond acceptors (Lipinski definition) is 9. The molecule has 1 aliphatic carbocycles. The summed E-state index contributed by atoms with van der Waals surface area (Å²) in [6.07, 6.45) is 1.75. The second-order valence-corrected chi connectivity index (χ2v) is 9.68. The molecule has 2 aromatic carbocycles. The highest BCUT2D eigenvalue weighted by atomic mass is 35.5. The van der Waals surface area contributed by atoms with E-state index in [2.05, 4.69) is 11.4 Å². The number of nitriles is 1. The number of carbonyl (C=O) groups excluding carboxylic acids is 2. The Labute approximate surface area is 224 Å². The molecule has 1 N–H and O–H groups in total. The highest BCUT2D eigenvalue weighted by Crippen LogP contribution is 2.48. The summed E-state index contributed by atoms with van der Waals surface area (Å²) in [6.45, 7) is 0. The van der Waals surface area contributed by atoms with Gasteiger partial charge in [-0.15, -0.1) is 0 Å². The molecule has 1 aliphatic heterocycles. The Kier molecular flexibility index (Phi) is 8.31. The molecule has 0 saturated carbocycles.